The van der Waals surface area contributed by atoms with Crippen molar-refractivity contribution in [1.82, 2.24) is 19.7 Å². The van der Waals surface area contributed by atoms with E-state index in [0.29, 0.717) is 17.1 Å². The Morgan fingerprint density at radius 3 is 2.31 bits per heavy atom. The molecule has 4 rings (SSSR count). The predicted molar refractivity (Wildman–Crippen MR) is 103 cm³/mol. The van der Waals surface area contributed by atoms with Crippen molar-refractivity contribution in [2.24, 2.45) is 7.05 Å². The van der Waals surface area contributed by atoms with E-state index < -0.39 is 21.7 Å². The van der Waals surface area contributed by atoms with Crippen LogP contribution in [-0.2, 0) is 17.1 Å². The molecule has 8 nitrogen and oxygen atoms in total. The van der Waals surface area contributed by atoms with Crippen LogP contribution >= 0.6 is 0 Å². The topological polar surface area (TPSA) is 102 Å². The molecule has 0 fully saturated rings. The third-order valence-electron chi connectivity index (χ3n) is 3.98. The van der Waals surface area contributed by atoms with Crippen molar-refractivity contribution >= 4 is 38.4 Å². The Morgan fingerprint density at radius 2 is 1.69 bits per heavy atom. The fourth-order valence-corrected chi connectivity index (χ4v) is 3.59. The average molecular weight is 416 g/mol. The molecule has 0 aliphatic carbocycles. The van der Waals surface area contributed by atoms with Crippen molar-refractivity contribution in [3.63, 3.8) is 0 Å². The van der Waals surface area contributed by atoms with E-state index in [0.717, 1.165) is 6.07 Å². The van der Waals surface area contributed by atoms with Gasteiger partial charge in [-0.25, -0.2) is 27.2 Å². The zero-order valence-corrected chi connectivity index (χ0v) is 15.8. The molecule has 4 aromatic rings. The van der Waals surface area contributed by atoms with Crippen LogP contribution in [0.1, 0.15) is 0 Å². The minimum absolute atomic E-state index is 0.0401. The van der Waals surface area contributed by atoms with Gasteiger partial charge in [-0.3, -0.25) is 9.40 Å². The molecule has 0 atom stereocenters. The normalized spacial score (nSPS) is 11.6. The first kappa shape index (κ1) is 18.7. The average Bonchev–Trinajstić information content (AvgIpc) is 3.11. The smallest absolute Gasteiger partial charge is 0.266 e. The lowest BCUT2D eigenvalue weighted by Crippen LogP contribution is -2.15. The van der Waals surface area contributed by atoms with E-state index in [4.69, 9.17) is 0 Å². The van der Waals surface area contributed by atoms with Crippen LogP contribution in [0.2, 0.25) is 0 Å². The maximum Gasteiger partial charge on any atom is 0.266 e. The second kappa shape index (κ2) is 7.09. The number of aromatic nitrogens is 4. The first-order valence-electron chi connectivity index (χ1n) is 8.32. The van der Waals surface area contributed by atoms with Crippen LogP contribution in [0.3, 0.4) is 0 Å². The summed E-state index contributed by atoms with van der Waals surface area (Å²) in [7, 11) is -2.44. The summed E-state index contributed by atoms with van der Waals surface area (Å²) in [6, 6.07) is 9.75. The number of para-hydroxylation sites is 2. The molecule has 2 aromatic carbocycles. The minimum Gasteiger partial charge on any atom is -0.335 e. The van der Waals surface area contributed by atoms with Gasteiger partial charge in [-0.2, -0.15) is 5.10 Å². The highest BCUT2D eigenvalue weighted by atomic mass is 32.2. The van der Waals surface area contributed by atoms with Crippen molar-refractivity contribution in [3.8, 4) is 0 Å². The fourth-order valence-electron chi connectivity index (χ4n) is 2.60. The number of nitrogens with one attached hydrogen (secondary N) is 2. The Hall–Kier alpha value is -3.60. The van der Waals surface area contributed by atoms with E-state index in [1.165, 1.54) is 23.1 Å². The van der Waals surface area contributed by atoms with Crippen molar-refractivity contribution in [2.45, 2.75) is 4.90 Å². The number of sulfonamides is 1. The Morgan fingerprint density at radius 1 is 1.00 bits per heavy atom. The van der Waals surface area contributed by atoms with Gasteiger partial charge in [-0.15, -0.1) is 0 Å². The highest BCUT2D eigenvalue weighted by Gasteiger charge is 2.21. The molecular formula is C18H14F2N6O2S. The second-order valence-electron chi connectivity index (χ2n) is 6.11. The minimum atomic E-state index is -4.02. The summed E-state index contributed by atoms with van der Waals surface area (Å²) in [5, 5.41) is 6.52. The van der Waals surface area contributed by atoms with Crippen LogP contribution in [0.25, 0.3) is 11.0 Å². The number of fused-ring (bicyclic) bond motifs is 1. The van der Waals surface area contributed by atoms with Crippen LogP contribution < -0.4 is 10.0 Å². The molecule has 0 spiro atoms. The molecule has 0 aliphatic heterocycles. The largest absolute Gasteiger partial charge is 0.335 e. The van der Waals surface area contributed by atoms with E-state index in [9.17, 15) is 17.2 Å². The molecule has 11 heteroatoms. The van der Waals surface area contributed by atoms with Crippen LogP contribution in [0.4, 0.5) is 26.1 Å². The van der Waals surface area contributed by atoms with E-state index in [2.05, 4.69) is 25.1 Å². The summed E-state index contributed by atoms with van der Waals surface area (Å²) in [6.45, 7) is 0. The second-order valence-corrected chi connectivity index (χ2v) is 7.80. The van der Waals surface area contributed by atoms with E-state index in [1.54, 1.807) is 31.3 Å². The fraction of sp³-hybridized carbons (Fsp3) is 0.0556. The Labute approximate surface area is 164 Å². The molecule has 2 aromatic heterocycles. The first-order valence-corrected chi connectivity index (χ1v) is 9.80. The summed E-state index contributed by atoms with van der Waals surface area (Å²) in [5.41, 5.74) is 0.807. The molecule has 29 heavy (non-hydrogen) atoms. The third kappa shape index (κ3) is 3.85. The SMILES string of the molecule is Cn1cc(S(=O)(=O)Nc2nc3ccccc3nc2Nc2ccc(F)cc2F)cn1. The molecule has 148 valence electrons. The summed E-state index contributed by atoms with van der Waals surface area (Å²) >= 11 is 0. The van der Waals surface area contributed by atoms with Crippen LogP contribution in [0.15, 0.2) is 59.8 Å². The molecule has 2 heterocycles. The molecule has 2 N–H and O–H groups in total. The standard InChI is InChI=1S/C18H14F2N6O2S/c1-26-10-12(9-21-26)29(27,28)25-18-17(22-14-7-6-11(19)8-13(14)20)23-15-4-2-3-5-16(15)24-18/h2-10H,1H3,(H,22,23)(H,24,25). The summed E-state index contributed by atoms with van der Waals surface area (Å²) < 4.78 is 56.3. The van der Waals surface area contributed by atoms with E-state index in [-0.39, 0.29) is 22.2 Å². The van der Waals surface area contributed by atoms with Gasteiger partial charge in [0.2, 0.25) is 0 Å². The maximum absolute atomic E-state index is 14.1. The zero-order valence-electron chi connectivity index (χ0n) is 15.0. The third-order valence-corrected chi connectivity index (χ3v) is 5.27. The maximum atomic E-state index is 14.1. The Balaban J connectivity index is 1.80. The Bertz CT molecular complexity index is 1320. The Kier molecular flexibility index (Phi) is 4.59. The lowest BCUT2D eigenvalue weighted by Gasteiger charge is -2.13. The van der Waals surface area contributed by atoms with Gasteiger partial charge in [0.15, 0.2) is 11.6 Å². The van der Waals surface area contributed by atoms with Gasteiger partial charge in [-0.1, -0.05) is 12.1 Å². The van der Waals surface area contributed by atoms with Crippen molar-refractivity contribution in [3.05, 3.63) is 66.5 Å². The van der Waals surface area contributed by atoms with E-state index in [1.807, 2.05) is 0 Å². The van der Waals surface area contributed by atoms with Crippen LogP contribution in [-0.4, -0.2) is 28.2 Å². The van der Waals surface area contributed by atoms with Gasteiger partial charge in [0.1, 0.15) is 16.5 Å². The van der Waals surface area contributed by atoms with E-state index >= 15 is 0 Å². The van der Waals surface area contributed by atoms with Crippen molar-refractivity contribution in [2.75, 3.05) is 10.0 Å². The number of rotatable bonds is 5. The zero-order chi connectivity index (χ0) is 20.6. The number of anilines is 3. The number of hydrogen-bond acceptors (Lipinski definition) is 6. The van der Waals surface area contributed by atoms with Crippen LogP contribution in [0.5, 0.6) is 0 Å². The molecule has 0 unspecified atom stereocenters. The first-order chi connectivity index (χ1) is 13.8. The van der Waals surface area contributed by atoms with Gasteiger partial charge < -0.3 is 5.32 Å². The molecule has 0 bridgehead atoms. The molecule has 0 saturated heterocycles. The van der Waals surface area contributed by atoms with Crippen LogP contribution in [0, 0.1) is 11.6 Å². The van der Waals surface area contributed by atoms with Crippen molar-refractivity contribution in [1.29, 1.82) is 0 Å². The summed E-state index contributed by atoms with van der Waals surface area (Å²) in [4.78, 5) is 8.56. The predicted octanol–water partition coefficient (Wildman–Crippen LogP) is 3.19. The highest BCUT2D eigenvalue weighted by molar-refractivity contribution is 7.92. The number of nitrogens with zero attached hydrogens (tertiary/aromatic N) is 4. The number of benzene rings is 2. The number of halogens is 2. The van der Waals surface area contributed by atoms with Crippen molar-refractivity contribution < 1.29 is 17.2 Å². The molecule has 0 saturated carbocycles. The summed E-state index contributed by atoms with van der Waals surface area (Å²) in [6.07, 6.45) is 2.51. The number of aryl methyl sites for hydroxylation is 1. The quantitative estimate of drug-likeness (QED) is 0.518. The number of hydrogen-bond donors (Lipinski definition) is 2. The van der Waals surface area contributed by atoms with Gasteiger partial charge in [0.25, 0.3) is 10.0 Å². The van der Waals surface area contributed by atoms with Gasteiger partial charge >= 0.3 is 0 Å². The van der Waals surface area contributed by atoms with Gasteiger partial charge in [0, 0.05) is 19.3 Å². The van der Waals surface area contributed by atoms with Gasteiger partial charge in [-0.05, 0) is 24.3 Å². The van der Waals surface area contributed by atoms with Gasteiger partial charge in [0.05, 0.1) is 22.9 Å². The monoisotopic (exact) mass is 416 g/mol. The molecule has 0 aliphatic rings. The highest BCUT2D eigenvalue weighted by Crippen LogP contribution is 2.28. The lowest BCUT2D eigenvalue weighted by atomic mass is 10.3. The molecular weight excluding hydrogens is 402 g/mol. The summed E-state index contributed by atoms with van der Waals surface area (Å²) in [5.74, 6) is -1.78. The lowest BCUT2D eigenvalue weighted by molar-refractivity contribution is 0.586. The molecule has 0 radical (unpaired) electrons. The molecule has 0 amide bonds.